The van der Waals surface area contributed by atoms with E-state index in [2.05, 4.69) is 10.0 Å². The molecule has 0 bridgehead atoms. The molecule has 2 N–H and O–H groups in total. The van der Waals surface area contributed by atoms with Gasteiger partial charge in [0.1, 0.15) is 5.75 Å². The Kier molecular flexibility index (Phi) is 6.91. The first-order chi connectivity index (χ1) is 14.3. The Balaban J connectivity index is 1.95. The van der Waals surface area contributed by atoms with Gasteiger partial charge >= 0.3 is 0 Å². The zero-order chi connectivity index (χ0) is 21.7. The molecule has 0 atom stereocenters. The van der Waals surface area contributed by atoms with Gasteiger partial charge in [-0.3, -0.25) is 9.52 Å². The largest absolute Gasteiger partial charge is 0.495 e. The van der Waals surface area contributed by atoms with Gasteiger partial charge in [-0.05, 0) is 48.5 Å². The van der Waals surface area contributed by atoms with Crippen molar-refractivity contribution in [3.05, 3.63) is 71.8 Å². The summed E-state index contributed by atoms with van der Waals surface area (Å²) in [6, 6.07) is 18.8. The Bertz CT molecular complexity index is 1170. The minimum atomic E-state index is -3.96. The van der Waals surface area contributed by atoms with E-state index in [0.717, 1.165) is 4.90 Å². The molecule has 156 valence electrons. The molecule has 30 heavy (non-hydrogen) atoms. The maximum atomic E-state index is 13.0. The van der Waals surface area contributed by atoms with Gasteiger partial charge in [-0.25, -0.2) is 8.42 Å². The van der Waals surface area contributed by atoms with Gasteiger partial charge in [0.2, 0.25) is 5.91 Å². The zero-order valence-corrected chi connectivity index (χ0v) is 18.6. The van der Waals surface area contributed by atoms with Gasteiger partial charge in [0.15, 0.2) is 0 Å². The Hall–Kier alpha value is -2.68. The highest BCUT2D eigenvalue weighted by atomic mass is 35.5. The quantitative estimate of drug-likeness (QED) is 0.500. The first-order valence-corrected chi connectivity index (χ1v) is 11.5. The van der Waals surface area contributed by atoms with Crippen molar-refractivity contribution in [2.45, 2.75) is 21.6 Å². The fourth-order valence-electron chi connectivity index (χ4n) is 2.63. The molecule has 0 spiro atoms. The Labute approximate surface area is 184 Å². The summed E-state index contributed by atoms with van der Waals surface area (Å²) in [5.74, 6) is 0.0134. The molecule has 3 aromatic rings. The highest BCUT2D eigenvalue weighted by Gasteiger charge is 2.19. The summed E-state index contributed by atoms with van der Waals surface area (Å²) < 4.78 is 33.9. The number of rotatable bonds is 7. The van der Waals surface area contributed by atoms with Crippen molar-refractivity contribution in [1.29, 1.82) is 0 Å². The van der Waals surface area contributed by atoms with E-state index in [1.54, 1.807) is 18.2 Å². The fourth-order valence-corrected chi connectivity index (χ4v) is 4.87. The summed E-state index contributed by atoms with van der Waals surface area (Å²) in [4.78, 5) is 13.1. The lowest BCUT2D eigenvalue weighted by Crippen LogP contribution is -2.15. The molecule has 0 aliphatic heterocycles. The molecule has 3 aromatic carbocycles. The van der Waals surface area contributed by atoms with E-state index in [1.807, 2.05) is 30.3 Å². The monoisotopic (exact) mass is 462 g/mol. The van der Waals surface area contributed by atoms with Crippen LogP contribution in [0.15, 0.2) is 81.4 Å². The van der Waals surface area contributed by atoms with Crippen LogP contribution in [0.2, 0.25) is 5.02 Å². The summed E-state index contributed by atoms with van der Waals surface area (Å²) in [5.41, 5.74) is 0.617. The molecule has 0 heterocycles. The minimum absolute atomic E-state index is 0.0253. The van der Waals surface area contributed by atoms with Crippen LogP contribution in [0, 0.1) is 0 Å². The maximum Gasteiger partial charge on any atom is 0.262 e. The van der Waals surface area contributed by atoms with Crippen LogP contribution in [0.4, 0.5) is 11.4 Å². The van der Waals surface area contributed by atoms with Crippen LogP contribution >= 0.6 is 23.4 Å². The molecular formula is C21H19ClN2O4S2. The number of hydrogen-bond donors (Lipinski definition) is 2. The van der Waals surface area contributed by atoms with Crippen molar-refractivity contribution in [3.8, 4) is 5.75 Å². The molecular weight excluding hydrogens is 444 g/mol. The van der Waals surface area contributed by atoms with Gasteiger partial charge < -0.3 is 10.1 Å². The van der Waals surface area contributed by atoms with Crippen molar-refractivity contribution in [2.24, 2.45) is 0 Å². The topological polar surface area (TPSA) is 84.5 Å². The first kappa shape index (κ1) is 22.0. The number of sulfonamides is 1. The molecule has 0 fully saturated rings. The Morgan fingerprint density at radius 2 is 1.73 bits per heavy atom. The second-order valence-electron chi connectivity index (χ2n) is 6.20. The lowest BCUT2D eigenvalue weighted by molar-refractivity contribution is -0.114. The maximum absolute atomic E-state index is 13.0. The van der Waals surface area contributed by atoms with Crippen molar-refractivity contribution >= 4 is 50.7 Å². The average Bonchev–Trinajstić information content (AvgIpc) is 2.70. The van der Waals surface area contributed by atoms with E-state index in [-0.39, 0.29) is 16.5 Å². The molecule has 0 aliphatic rings. The molecule has 3 rings (SSSR count). The van der Waals surface area contributed by atoms with Crippen LogP contribution in [-0.4, -0.2) is 21.4 Å². The molecule has 0 saturated carbocycles. The highest BCUT2D eigenvalue weighted by molar-refractivity contribution is 7.99. The third kappa shape index (κ3) is 5.47. The van der Waals surface area contributed by atoms with Gasteiger partial charge in [-0.1, -0.05) is 41.6 Å². The number of amides is 1. The molecule has 6 nitrogen and oxygen atoms in total. The predicted octanol–water partition coefficient (Wildman–Crippen LogP) is 5.26. The van der Waals surface area contributed by atoms with Crippen LogP contribution in [0.25, 0.3) is 0 Å². The van der Waals surface area contributed by atoms with Crippen molar-refractivity contribution in [2.75, 3.05) is 17.1 Å². The van der Waals surface area contributed by atoms with Crippen LogP contribution in [0.1, 0.15) is 6.92 Å². The lowest BCUT2D eigenvalue weighted by atomic mass is 10.3. The summed E-state index contributed by atoms with van der Waals surface area (Å²) in [5, 5.41) is 2.97. The molecule has 0 saturated heterocycles. The van der Waals surface area contributed by atoms with E-state index in [1.165, 1.54) is 44.0 Å². The average molecular weight is 463 g/mol. The summed E-state index contributed by atoms with van der Waals surface area (Å²) in [6.07, 6.45) is 0. The minimum Gasteiger partial charge on any atom is -0.495 e. The third-order valence-corrected chi connectivity index (χ3v) is 6.63. The number of carbonyl (C=O) groups excluding carboxylic acids is 1. The number of hydrogen-bond acceptors (Lipinski definition) is 5. The van der Waals surface area contributed by atoms with E-state index in [9.17, 15) is 13.2 Å². The van der Waals surface area contributed by atoms with E-state index < -0.39 is 10.0 Å². The van der Waals surface area contributed by atoms with Gasteiger partial charge in [-0.2, -0.15) is 0 Å². The number of halogens is 1. The summed E-state index contributed by atoms with van der Waals surface area (Å²) in [6.45, 7) is 1.33. The number of benzene rings is 3. The Morgan fingerprint density at radius 3 is 2.40 bits per heavy atom. The predicted molar refractivity (Wildman–Crippen MR) is 120 cm³/mol. The summed E-state index contributed by atoms with van der Waals surface area (Å²) in [7, 11) is -2.52. The normalized spacial score (nSPS) is 11.0. The first-order valence-electron chi connectivity index (χ1n) is 8.79. The van der Waals surface area contributed by atoms with E-state index >= 15 is 0 Å². The van der Waals surface area contributed by atoms with Gasteiger partial charge in [0.25, 0.3) is 10.0 Å². The Morgan fingerprint density at radius 1 is 1.00 bits per heavy atom. The molecule has 1 amide bonds. The number of nitrogens with one attached hydrogen (secondary N) is 2. The number of methoxy groups -OCH3 is 1. The summed E-state index contributed by atoms with van der Waals surface area (Å²) >= 11 is 7.52. The molecule has 9 heteroatoms. The number of ether oxygens (including phenoxy) is 1. The standard InChI is InChI=1S/C21H19ClN2O4S2/c1-14(25)23-18-13-17(9-10-20(18)28-2)30(26,27)24-19-12-15(22)8-11-21(19)29-16-6-4-3-5-7-16/h3-13,24H,1-2H3,(H,23,25). The fraction of sp³-hybridized carbons (Fsp3) is 0.0952. The highest BCUT2D eigenvalue weighted by Crippen LogP contribution is 2.36. The SMILES string of the molecule is COc1ccc(S(=O)(=O)Nc2cc(Cl)ccc2Sc2ccccc2)cc1NC(C)=O. The second-order valence-corrected chi connectivity index (χ2v) is 9.44. The van der Waals surface area contributed by atoms with Crippen molar-refractivity contribution in [1.82, 2.24) is 0 Å². The molecule has 0 unspecified atom stereocenters. The smallest absolute Gasteiger partial charge is 0.262 e. The van der Waals surface area contributed by atoms with Crippen LogP contribution in [-0.2, 0) is 14.8 Å². The number of anilines is 2. The second kappa shape index (κ2) is 9.42. The van der Waals surface area contributed by atoms with Crippen LogP contribution in [0.3, 0.4) is 0 Å². The molecule has 0 radical (unpaired) electrons. The zero-order valence-electron chi connectivity index (χ0n) is 16.2. The van der Waals surface area contributed by atoms with E-state index in [4.69, 9.17) is 16.3 Å². The lowest BCUT2D eigenvalue weighted by Gasteiger charge is -2.15. The number of carbonyl (C=O) groups is 1. The van der Waals surface area contributed by atoms with E-state index in [0.29, 0.717) is 21.4 Å². The van der Waals surface area contributed by atoms with Crippen molar-refractivity contribution < 1.29 is 17.9 Å². The molecule has 0 aliphatic carbocycles. The molecule has 0 aromatic heterocycles. The van der Waals surface area contributed by atoms with Crippen molar-refractivity contribution in [3.63, 3.8) is 0 Å². The van der Waals surface area contributed by atoms with Crippen LogP contribution in [0.5, 0.6) is 5.75 Å². The third-order valence-electron chi connectivity index (χ3n) is 3.95. The van der Waals surface area contributed by atoms with Gasteiger partial charge in [-0.15, -0.1) is 0 Å². The van der Waals surface area contributed by atoms with Gasteiger partial charge in [0, 0.05) is 21.7 Å². The van der Waals surface area contributed by atoms with Crippen LogP contribution < -0.4 is 14.8 Å². The van der Waals surface area contributed by atoms with Gasteiger partial charge in [0.05, 0.1) is 23.4 Å².